The average Bonchev–Trinajstić information content (AvgIpc) is 2.95. The molecule has 1 aromatic rings. The van der Waals surface area contributed by atoms with Crippen LogP contribution in [0.5, 0.6) is 5.75 Å². The molecule has 3 rings (SSSR count). The number of halogens is 3. The molecule has 1 amide bonds. The summed E-state index contributed by atoms with van der Waals surface area (Å²) >= 11 is 0. The van der Waals surface area contributed by atoms with Crippen molar-refractivity contribution in [1.29, 1.82) is 0 Å². The van der Waals surface area contributed by atoms with Crippen LogP contribution >= 0.6 is 0 Å². The van der Waals surface area contributed by atoms with Crippen LogP contribution < -0.4 is 10.1 Å². The van der Waals surface area contributed by atoms with Crippen LogP contribution in [-0.2, 0) is 14.8 Å². The smallest absolute Gasteiger partial charge is 0.406 e. The zero-order chi connectivity index (χ0) is 16.8. The highest BCUT2D eigenvalue weighted by Gasteiger charge is 2.44. The number of nitrogens with one attached hydrogen (secondary N) is 1. The molecule has 0 bridgehead atoms. The first-order valence-corrected chi connectivity index (χ1v) is 8.24. The number of hydrogen-bond donors (Lipinski definition) is 1. The number of ether oxygens (including phenoxy) is 1. The number of nitrogens with zero attached hydrogens (tertiary/aromatic N) is 1. The molecule has 6 nitrogen and oxygen atoms in total. The van der Waals surface area contributed by atoms with E-state index in [0.717, 1.165) is 24.3 Å². The first kappa shape index (κ1) is 16.1. The van der Waals surface area contributed by atoms with Gasteiger partial charge in [0.05, 0.1) is 4.90 Å². The number of hydrogen-bond acceptors (Lipinski definition) is 4. The Morgan fingerprint density at radius 1 is 1.17 bits per heavy atom. The molecule has 2 fully saturated rings. The highest BCUT2D eigenvalue weighted by Crippen LogP contribution is 2.31. The third-order valence-electron chi connectivity index (χ3n) is 3.90. The van der Waals surface area contributed by atoms with Crippen molar-refractivity contribution in [1.82, 2.24) is 9.62 Å². The molecule has 2 aliphatic rings. The molecule has 2 aliphatic heterocycles. The molecule has 1 aromatic carbocycles. The number of benzene rings is 1. The van der Waals surface area contributed by atoms with E-state index in [-0.39, 0.29) is 42.3 Å². The Bertz CT molecular complexity index is 702. The lowest BCUT2D eigenvalue weighted by Gasteiger charge is -2.17. The van der Waals surface area contributed by atoms with Crippen LogP contribution in [0.1, 0.15) is 6.42 Å². The molecule has 0 spiro atoms. The summed E-state index contributed by atoms with van der Waals surface area (Å²) in [7, 11) is -3.81. The average molecular weight is 350 g/mol. The number of amides is 1. The number of carbonyl (C=O) groups is 1. The number of sulfonamides is 1. The third kappa shape index (κ3) is 3.27. The van der Waals surface area contributed by atoms with E-state index in [4.69, 9.17) is 0 Å². The maximum absolute atomic E-state index is 12.5. The van der Waals surface area contributed by atoms with Crippen LogP contribution in [0, 0.1) is 5.92 Å². The Morgan fingerprint density at radius 3 is 2.39 bits per heavy atom. The fourth-order valence-electron chi connectivity index (χ4n) is 2.86. The molecule has 2 saturated heterocycles. The summed E-state index contributed by atoms with van der Waals surface area (Å²) in [6, 6.07) is 3.86. The fourth-order valence-corrected chi connectivity index (χ4v) is 4.39. The summed E-state index contributed by atoms with van der Waals surface area (Å²) in [6.45, 7) is 0.381. The van der Waals surface area contributed by atoms with Gasteiger partial charge in [-0.3, -0.25) is 4.79 Å². The van der Waals surface area contributed by atoms with E-state index in [0.29, 0.717) is 0 Å². The number of fused-ring (bicyclic) bond motifs is 1. The molecule has 0 unspecified atom stereocenters. The second-order valence-corrected chi connectivity index (χ2v) is 7.42. The summed E-state index contributed by atoms with van der Waals surface area (Å²) in [5, 5.41) is 2.71. The van der Waals surface area contributed by atoms with Crippen molar-refractivity contribution in [3.8, 4) is 5.75 Å². The summed E-state index contributed by atoms with van der Waals surface area (Å²) in [4.78, 5) is 11.1. The number of rotatable bonds is 3. The maximum atomic E-state index is 12.5. The zero-order valence-electron chi connectivity index (χ0n) is 11.7. The molecule has 0 aromatic heterocycles. The first-order valence-electron chi connectivity index (χ1n) is 6.80. The van der Waals surface area contributed by atoms with Gasteiger partial charge < -0.3 is 10.1 Å². The van der Waals surface area contributed by atoms with E-state index in [1.54, 1.807) is 0 Å². The van der Waals surface area contributed by atoms with E-state index in [9.17, 15) is 26.4 Å². The van der Waals surface area contributed by atoms with Crippen LogP contribution in [0.4, 0.5) is 13.2 Å². The lowest BCUT2D eigenvalue weighted by atomic mass is 10.1. The SMILES string of the molecule is O=C1C[C@H]2CN(S(=O)(=O)c3ccc(OC(F)(F)F)cc3)C[C@H]2N1. The predicted octanol–water partition coefficient (Wildman–Crippen LogP) is 1.09. The second-order valence-electron chi connectivity index (χ2n) is 5.48. The molecule has 0 radical (unpaired) electrons. The predicted molar refractivity (Wildman–Crippen MR) is 71.9 cm³/mol. The van der Waals surface area contributed by atoms with Gasteiger partial charge in [-0.25, -0.2) is 8.42 Å². The molecule has 23 heavy (non-hydrogen) atoms. The van der Waals surface area contributed by atoms with Crippen LogP contribution in [0.3, 0.4) is 0 Å². The van der Waals surface area contributed by atoms with E-state index in [2.05, 4.69) is 10.1 Å². The first-order chi connectivity index (χ1) is 10.6. The molecule has 0 aliphatic carbocycles. The Balaban J connectivity index is 1.74. The largest absolute Gasteiger partial charge is 0.573 e. The highest BCUT2D eigenvalue weighted by molar-refractivity contribution is 7.89. The second kappa shape index (κ2) is 5.38. The summed E-state index contributed by atoms with van der Waals surface area (Å²) in [5.74, 6) is -0.641. The fraction of sp³-hybridized carbons (Fsp3) is 0.462. The van der Waals surface area contributed by atoms with Crippen LogP contribution in [0.25, 0.3) is 0 Å². The minimum absolute atomic E-state index is 0.0647. The van der Waals surface area contributed by atoms with Crippen molar-refractivity contribution in [2.45, 2.75) is 23.7 Å². The molecule has 2 atom stereocenters. The molecular weight excluding hydrogens is 337 g/mol. The molecule has 1 N–H and O–H groups in total. The molecule has 126 valence electrons. The van der Waals surface area contributed by atoms with Crippen molar-refractivity contribution in [3.63, 3.8) is 0 Å². The maximum Gasteiger partial charge on any atom is 0.573 e. The summed E-state index contributed by atoms with van der Waals surface area (Å²) in [6.07, 6.45) is -4.54. The van der Waals surface area contributed by atoms with Crippen LogP contribution in [-0.4, -0.2) is 44.1 Å². The van der Waals surface area contributed by atoms with Gasteiger partial charge in [-0.05, 0) is 24.3 Å². The van der Waals surface area contributed by atoms with Crippen LogP contribution in [0.15, 0.2) is 29.2 Å². The van der Waals surface area contributed by atoms with Gasteiger partial charge in [-0.15, -0.1) is 13.2 Å². The Hall–Kier alpha value is -1.81. The minimum Gasteiger partial charge on any atom is -0.406 e. The van der Waals surface area contributed by atoms with E-state index in [1.165, 1.54) is 4.31 Å². The summed E-state index contributed by atoms with van der Waals surface area (Å²) < 4.78 is 66.2. The minimum atomic E-state index is -4.83. The van der Waals surface area contributed by atoms with Crippen molar-refractivity contribution >= 4 is 15.9 Å². The number of alkyl halides is 3. The van der Waals surface area contributed by atoms with Crippen molar-refractivity contribution in [2.24, 2.45) is 5.92 Å². The third-order valence-corrected chi connectivity index (χ3v) is 5.74. The van der Waals surface area contributed by atoms with Gasteiger partial charge in [-0.1, -0.05) is 0 Å². The van der Waals surface area contributed by atoms with Gasteiger partial charge in [-0.2, -0.15) is 4.31 Å². The number of carbonyl (C=O) groups excluding carboxylic acids is 1. The monoisotopic (exact) mass is 350 g/mol. The Kier molecular flexibility index (Phi) is 3.75. The molecule has 0 saturated carbocycles. The molecule has 10 heteroatoms. The van der Waals surface area contributed by atoms with Gasteiger partial charge >= 0.3 is 6.36 Å². The topological polar surface area (TPSA) is 75.7 Å². The van der Waals surface area contributed by atoms with Crippen LogP contribution in [0.2, 0.25) is 0 Å². The Morgan fingerprint density at radius 2 is 1.83 bits per heavy atom. The van der Waals surface area contributed by atoms with E-state index >= 15 is 0 Å². The van der Waals surface area contributed by atoms with Gasteiger partial charge in [0.25, 0.3) is 0 Å². The van der Waals surface area contributed by atoms with Crippen molar-refractivity contribution < 1.29 is 31.1 Å². The quantitative estimate of drug-likeness (QED) is 0.886. The summed E-state index contributed by atoms with van der Waals surface area (Å²) in [5.41, 5.74) is 0. The molecular formula is C13H13F3N2O4S. The highest BCUT2D eigenvalue weighted by atomic mass is 32.2. The van der Waals surface area contributed by atoms with Gasteiger partial charge in [0, 0.05) is 31.5 Å². The Labute approximate surface area is 130 Å². The normalized spacial score (nSPS) is 25.3. The standard InChI is InChI=1S/C13H13F3N2O4S/c14-13(15,16)22-9-1-3-10(4-2-9)23(20,21)18-6-8-5-12(19)17-11(8)7-18/h1-4,8,11H,5-7H2,(H,17,19)/t8-,11+/m0/s1. The van der Waals surface area contributed by atoms with E-state index in [1.807, 2.05) is 0 Å². The van der Waals surface area contributed by atoms with E-state index < -0.39 is 22.1 Å². The molecule has 2 heterocycles. The van der Waals surface area contributed by atoms with Gasteiger partial charge in [0.15, 0.2) is 0 Å². The van der Waals surface area contributed by atoms with Crippen molar-refractivity contribution in [3.05, 3.63) is 24.3 Å². The lowest BCUT2D eigenvalue weighted by molar-refractivity contribution is -0.274. The van der Waals surface area contributed by atoms with Crippen molar-refractivity contribution in [2.75, 3.05) is 13.1 Å². The van der Waals surface area contributed by atoms with Gasteiger partial charge in [0.1, 0.15) is 5.75 Å². The zero-order valence-corrected chi connectivity index (χ0v) is 12.5. The lowest BCUT2D eigenvalue weighted by Crippen LogP contribution is -2.35. The van der Waals surface area contributed by atoms with Gasteiger partial charge in [0.2, 0.25) is 15.9 Å².